The molecule has 0 atom stereocenters. The van der Waals surface area contributed by atoms with Crippen molar-refractivity contribution < 1.29 is 19.1 Å². The molecule has 0 radical (unpaired) electrons. The molecule has 27 heavy (non-hydrogen) atoms. The number of methoxy groups -OCH3 is 1. The zero-order valence-corrected chi connectivity index (χ0v) is 15.8. The van der Waals surface area contributed by atoms with Crippen LogP contribution in [0, 0.1) is 0 Å². The number of urea groups is 1. The van der Waals surface area contributed by atoms with Crippen molar-refractivity contribution in [3.63, 3.8) is 0 Å². The van der Waals surface area contributed by atoms with Gasteiger partial charge in [0.1, 0.15) is 0 Å². The number of para-hydroxylation sites is 1. The number of piperazine rings is 1. The fourth-order valence-corrected chi connectivity index (χ4v) is 3.22. The molecule has 146 valence electrons. The second-order valence-electron chi connectivity index (χ2n) is 6.35. The normalized spacial score (nSPS) is 14.4. The van der Waals surface area contributed by atoms with E-state index in [4.69, 9.17) is 9.47 Å². The van der Waals surface area contributed by atoms with Gasteiger partial charge in [-0.25, -0.2) is 9.59 Å². The summed E-state index contributed by atoms with van der Waals surface area (Å²) in [7, 11) is 1.67. The van der Waals surface area contributed by atoms with Crippen molar-refractivity contribution in [2.75, 3.05) is 51.8 Å². The van der Waals surface area contributed by atoms with E-state index in [-0.39, 0.29) is 12.1 Å². The van der Waals surface area contributed by atoms with Crippen molar-refractivity contribution in [2.24, 2.45) is 0 Å². The van der Waals surface area contributed by atoms with Gasteiger partial charge in [0.25, 0.3) is 0 Å². The van der Waals surface area contributed by atoms with Gasteiger partial charge < -0.3 is 29.2 Å². The van der Waals surface area contributed by atoms with E-state index >= 15 is 0 Å². The lowest BCUT2D eigenvalue weighted by Crippen LogP contribution is -2.51. The van der Waals surface area contributed by atoms with Gasteiger partial charge in [0, 0.05) is 51.4 Å². The second kappa shape index (κ2) is 8.77. The van der Waals surface area contributed by atoms with Gasteiger partial charge in [-0.1, -0.05) is 18.2 Å². The van der Waals surface area contributed by atoms with Crippen molar-refractivity contribution in [1.29, 1.82) is 0 Å². The molecule has 3 amide bonds. The molecule has 3 rings (SSSR count). The van der Waals surface area contributed by atoms with Crippen LogP contribution < -0.4 is 5.32 Å². The maximum absolute atomic E-state index is 12.7. The predicted molar refractivity (Wildman–Crippen MR) is 103 cm³/mol. The molecule has 8 nitrogen and oxygen atoms in total. The van der Waals surface area contributed by atoms with Crippen LogP contribution in [0.15, 0.2) is 30.5 Å². The van der Waals surface area contributed by atoms with Crippen molar-refractivity contribution in [3.05, 3.63) is 30.5 Å². The van der Waals surface area contributed by atoms with E-state index in [1.807, 2.05) is 30.5 Å². The number of carbonyl (C=O) groups is 2. The predicted octanol–water partition coefficient (Wildman–Crippen LogP) is 2.59. The number of hydrogen-bond acceptors (Lipinski definition) is 4. The molecule has 0 unspecified atom stereocenters. The summed E-state index contributed by atoms with van der Waals surface area (Å²) in [5.41, 5.74) is 1.83. The standard InChI is InChI=1S/C19H26N4O4/c1-3-27-19(25)22-10-8-21(9-11-22)18(24)20-16-14-23(12-13-26-2)17-7-5-4-6-15(16)17/h4-7,14H,3,8-13H2,1-2H3,(H,20,24). The smallest absolute Gasteiger partial charge is 0.409 e. The lowest BCUT2D eigenvalue weighted by Gasteiger charge is -2.33. The first-order chi connectivity index (χ1) is 13.1. The van der Waals surface area contributed by atoms with Gasteiger partial charge in [-0.05, 0) is 13.0 Å². The van der Waals surface area contributed by atoms with Crippen molar-refractivity contribution in [1.82, 2.24) is 14.4 Å². The number of nitrogens with zero attached hydrogens (tertiary/aromatic N) is 3. The van der Waals surface area contributed by atoms with Crippen LogP contribution in [0.1, 0.15) is 6.92 Å². The minimum absolute atomic E-state index is 0.159. The highest BCUT2D eigenvalue weighted by Crippen LogP contribution is 2.26. The third-order valence-corrected chi connectivity index (χ3v) is 4.66. The van der Waals surface area contributed by atoms with E-state index < -0.39 is 0 Å². The molecule has 2 heterocycles. The average molecular weight is 374 g/mol. The Balaban J connectivity index is 1.65. The van der Waals surface area contributed by atoms with Crippen LogP contribution in [0.2, 0.25) is 0 Å². The number of anilines is 1. The maximum atomic E-state index is 12.7. The molecule has 1 N–H and O–H groups in total. The number of amides is 3. The number of aromatic nitrogens is 1. The van der Waals surface area contributed by atoms with Crippen molar-refractivity contribution in [2.45, 2.75) is 13.5 Å². The number of nitrogens with one attached hydrogen (secondary N) is 1. The van der Waals surface area contributed by atoms with Crippen molar-refractivity contribution in [3.8, 4) is 0 Å². The third kappa shape index (κ3) is 4.33. The fraction of sp³-hybridized carbons (Fsp3) is 0.474. The van der Waals surface area contributed by atoms with Crippen molar-refractivity contribution >= 4 is 28.7 Å². The highest BCUT2D eigenvalue weighted by atomic mass is 16.6. The van der Waals surface area contributed by atoms with Crippen LogP contribution in [0.3, 0.4) is 0 Å². The Morgan fingerprint density at radius 2 is 1.81 bits per heavy atom. The van der Waals surface area contributed by atoms with Crippen LogP contribution in [0.4, 0.5) is 15.3 Å². The van der Waals surface area contributed by atoms with E-state index in [1.54, 1.807) is 23.8 Å². The summed E-state index contributed by atoms with van der Waals surface area (Å²) in [6.07, 6.45) is 1.62. The summed E-state index contributed by atoms with van der Waals surface area (Å²) in [5, 5.41) is 4.00. The van der Waals surface area contributed by atoms with Crippen LogP contribution in [-0.4, -0.2) is 73.0 Å². The quantitative estimate of drug-likeness (QED) is 0.873. The Kier molecular flexibility index (Phi) is 6.18. The topological polar surface area (TPSA) is 76.0 Å². The van der Waals surface area contributed by atoms with Crippen LogP contribution >= 0.6 is 0 Å². The molecule has 1 aliphatic rings. The Labute approximate surface area is 158 Å². The van der Waals surface area contributed by atoms with Gasteiger partial charge in [0.15, 0.2) is 0 Å². The molecule has 0 aliphatic carbocycles. The molecule has 0 bridgehead atoms. The molecule has 8 heteroatoms. The molecular weight excluding hydrogens is 348 g/mol. The zero-order chi connectivity index (χ0) is 19.2. The lowest BCUT2D eigenvalue weighted by atomic mass is 10.2. The molecule has 2 aromatic rings. The first-order valence-corrected chi connectivity index (χ1v) is 9.18. The molecule has 0 saturated carbocycles. The number of rotatable bonds is 5. The third-order valence-electron chi connectivity index (χ3n) is 4.66. The number of carbonyl (C=O) groups excluding carboxylic acids is 2. The molecule has 1 aromatic heterocycles. The van der Waals surface area contributed by atoms with Crippen LogP contribution in [-0.2, 0) is 16.0 Å². The largest absolute Gasteiger partial charge is 0.450 e. The Hall–Kier alpha value is -2.74. The minimum Gasteiger partial charge on any atom is -0.450 e. The first-order valence-electron chi connectivity index (χ1n) is 9.18. The fourth-order valence-electron chi connectivity index (χ4n) is 3.22. The van der Waals surface area contributed by atoms with E-state index in [2.05, 4.69) is 9.88 Å². The van der Waals surface area contributed by atoms with E-state index in [0.29, 0.717) is 45.9 Å². The summed E-state index contributed by atoms with van der Waals surface area (Å²) in [5.74, 6) is 0. The molecule has 1 aliphatic heterocycles. The van der Waals surface area contributed by atoms with E-state index in [0.717, 1.165) is 16.6 Å². The molecule has 1 aromatic carbocycles. The second-order valence-corrected chi connectivity index (χ2v) is 6.35. The van der Waals surface area contributed by atoms with Gasteiger partial charge in [-0.3, -0.25) is 0 Å². The van der Waals surface area contributed by atoms with E-state index in [9.17, 15) is 9.59 Å². The van der Waals surface area contributed by atoms with Gasteiger partial charge >= 0.3 is 12.1 Å². The van der Waals surface area contributed by atoms with Gasteiger partial charge in [-0.2, -0.15) is 0 Å². The molecule has 1 fully saturated rings. The summed E-state index contributed by atoms with van der Waals surface area (Å²) in [6, 6.07) is 7.79. The van der Waals surface area contributed by atoms with E-state index in [1.165, 1.54) is 0 Å². The highest BCUT2D eigenvalue weighted by molar-refractivity contribution is 6.01. The highest BCUT2D eigenvalue weighted by Gasteiger charge is 2.25. The molecular formula is C19H26N4O4. The van der Waals surface area contributed by atoms with Gasteiger partial charge in [0.2, 0.25) is 0 Å². The summed E-state index contributed by atoms with van der Waals surface area (Å²) in [6.45, 7) is 5.36. The molecule has 0 spiro atoms. The summed E-state index contributed by atoms with van der Waals surface area (Å²) < 4.78 is 12.3. The van der Waals surface area contributed by atoms with Crippen LogP contribution in [0.25, 0.3) is 10.9 Å². The summed E-state index contributed by atoms with van der Waals surface area (Å²) >= 11 is 0. The van der Waals surface area contributed by atoms with Gasteiger partial charge in [0.05, 0.1) is 24.4 Å². The zero-order valence-electron chi connectivity index (χ0n) is 15.8. The number of ether oxygens (including phenoxy) is 2. The maximum Gasteiger partial charge on any atom is 0.409 e. The monoisotopic (exact) mass is 374 g/mol. The number of benzene rings is 1. The van der Waals surface area contributed by atoms with Crippen LogP contribution in [0.5, 0.6) is 0 Å². The average Bonchev–Trinajstić information content (AvgIpc) is 3.04. The van der Waals surface area contributed by atoms with Gasteiger partial charge in [-0.15, -0.1) is 0 Å². The Bertz CT molecular complexity index is 796. The minimum atomic E-state index is -0.321. The first kappa shape index (κ1) is 19.0. The summed E-state index contributed by atoms with van der Waals surface area (Å²) in [4.78, 5) is 27.8. The number of hydrogen-bond donors (Lipinski definition) is 1. The molecule has 1 saturated heterocycles. The SMILES string of the molecule is CCOC(=O)N1CCN(C(=O)Nc2cn(CCOC)c3ccccc23)CC1. The Morgan fingerprint density at radius 1 is 1.11 bits per heavy atom. The lowest BCUT2D eigenvalue weighted by molar-refractivity contribution is 0.0869. The Morgan fingerprint density at radius 3 is 2.52 bits per heavy atom. The number of fused-ring (bicyclic) bond motifs is 1.